The van der Waals surface area contributed by atoms with E-state index in [0.29, 0.717) is 30.1 Å². The number of esters is 1. The zero-order valence-electron chi connectivity index (χ0n) is 17.7. The van der Waals surface area contributed by atoms with Crippen LogP contribution in [-0.4, -0.2) is 56.3 Å². The number of aromatic nitrogens is 4. The monoisotopic (exact) mass is 429 g/mol. The number of pyridine rings is 1. The number of carbonyl (C=O) groups is 2. The Morgan fingerprint density at radius 2 is 1.91 bits per heavy atom. The van der Waals surface area contributed by atoms with Gasteiger partial charge in [-0.1, -0.05) is 30.3 Å². The molecule has 0 unspecified atom stereocenters. The molecule has 1 amide bonds. The largest absolute Gasteiger partial charge is 0.465 e. The molecule has 0 bridgehead atoms. The minimum absolute atomic E-state index is 0.0885. The topological polar surface area (TPSA) is 92.6 Å². The number of carbonyl (C=O) groups excluding carboxylic acids is 2. The Balaban J connectivity index is 1.51. The number of amides is 1. The number of benzene rings is 1. The molecule has 4 heterocycles. The van der Waals surface area contributed by atoms with Gasteiger partial charge in [0.05, 0.1) is 18.4 Å². The fraction of sp³-hybridized carbons (Fsp3) is 0.250. The Hall–Kier alpha value is -3.94. The molecule has 5 rings (SSSR count). The van der Waals surface area contributed by atoms with Crippen molar-refractivity contribution in [3.8, 4) is 0 Å². The number of fused-ring (bicyclic) bond motifs is 1. The molecule has 0 radical (unpaired) electrons. The molecule has 1 aliphatic heterocycles. The first-order valence-electron chi connectivity index (χ1n) is 10.5. The molecule has 3 aromatic heterocycles. The van der Waals surface area contributed by atoms with Gasteiger partial charge in [0.15, 0.2) is 5.82 Å². The Morgan fingerprint density at radius 1 is 1.12 bits per heavy atom. The Labute approximate surface area is 184 Å². The van der Waals surface area contributed by atoms with Gasteiger partial charge in [-0.3, -0.25) is 4.79 Å². The highest BCUT2D eigenvalue weighted by Gasteiger charge is 2.41. The van der Waals surface area contributed by atoms with Crippen molar-refractivity contribution in [2.45, 2.75) is 18.3 Å². The van der Waals surface area contributed by atoms with Crippen molar-refractivity contribution < 1.29 is 14.3 Å². The van der Waals surface area contributed by atoms with Crippen LogP contribution in [0.25, 0.3) is 5.65 Å². The summed E-state index contributed by atoms with van der Waals surface area (Å²) in [4.78, 5) is 38.5. The highest BCUT2D eigenvalue weighted by atomic mass is 16.5. The van der Waals surface area contributed by atoms with Gasteiger partial charge in [0, 0.05) is 43.3 Å². The molecule has 8 nitrogen and oxygen atoms in total. The molecule has 162 valence electrons. The normalized spacial score (nSPS) is 15.6. The smallest absolute Gasteiger partial charge is 0.338 e. The highest BCUT2D eigenvalue weighted by molar-refractivity contribution is 5.91. The number of aromatic amines is 1. The summed E-state index contributed by atoms with van der Waals surface area (Å²) in [6, 6.07) is 13.8. The van der Waals surface area contributed by atoms with E-state index in [4.69, 9.17) is 9.72 Å². The molecule has 1 N–H and O–H groups in total. The summed E-state index contributed by atoms with van der Waals surface area (Å²) in [7, 11) is 1.37. The lowest BCUT2D eigenvalue weighted by Crippen LogP contribution is -2.46. The summed E-state index contributed by atoms with van der Waals surface area (Å²) in [6.07, 6.45) is 8.56. The first kappa shape index (κ1) is 20.0. The van der Waals surface area contributed by atoms with Crippen LogP contribution in [0.3, 0.4) is 0 Å². The quantitative estimate of drug-likeness (QED) is 0.504. The fourth-order valence-corrected chi connectivity index (χ4v) is 4.53. The standard InChI is InChI=1S/C24H23N5O3/c1-32-23(31)17-7-12-29-16-19(27-20(29)15-17)24(18-5-3-2-4-6-18)8-13-28(14-9-24)22(30)21-25-10-11-26-21/h2-7,10-12,15-16H,8-9,13-14H2,1H3,(H,25,26). The zero-order chi connectivity index (χ0) is 22.1. The van der Waals surface area contributed by atoms with Crippen LogP contribution < -0.4 is 0 Å². The second kappa shape index (κ2) is 7.96. The van der Waals surface area contributed by atoms with E-state index in [-0.39, 0.29) is 17.3 Å². The maximum absolute atomic E-state index is 12.8. The summed E-state index contributed by atoms with van der Waals surface area (Å²) < 4.78 is 6.76. The Morgan fingerprint density at radius 3 is 2.59 bits per heavy atom. The molecule has 32 heavy (non-hydrogen) atoms. The van der Waals surface area contributed by atoms with Gasteiger partial charge in [-0.05, 0) is 30.5 Å². The molecule has 0 aliphatic carbocycles. The molecule has 0 saturated carbocycles. The summed E-state index contributed by atoms with van der Waals surface area (Å²) >= 11 is 0. The summed E-state index contributed by atoms with van der Waals surface area (Å²) in [5.41, 5.74) is 2.91. The zero-order valence-corrected chi connectivity index (χ0v) is 17.7. The van der Waals surface area contributed by atoms with Crippen molar-refractivity contribution in [2.75, 3.05) is 20.2 Å². The molecule has 0 spiro atoms. The van der Waals surface area contributed by atoms with E-state index in [9.17, 15) is 9.59 Å². The van der Waals surface area contributed by atoms with Crippen LogP contribution in [0.15, 0.2) is 67.3 Å². The highest BCUT2D eigenvalue weighted by Crippen LogP contribution is 2.41. The average molecular weight is 429 g/mol. The maximum atomic E-state index is 12.8. The number of H-pyrrole nitrogens is 1. The van der Waals surface area contributed by atoms with E-state index in [1.165, 1.54) is 12.7 Å². The number of nitrogens with zero attached hydrogens (tertiary/aromatic N) is 4. The molecular formula is C24H23N5O3. The molecular weight excluding hydrogens is 406 g/mol. The minimum Gasteiger partial charge on any atom is -0.465 e. The van der Waals surface area contributed by atoms with Gasteiger partial charge in [-0.2, -0.15) is 0 Å². The maximum Gasteiger partial charge on any atom is 0.338 e. The Bertz CT molecular complexity index is 1260. The number of hydrogen-bond donors (Lipinski definition) is 1. The van der Waals surface area contributed by atoms with E-state index in [2.05, 4.69) is 22.1 Å². The van der Waals surface area contributed by atoms with Crippen LogP contribution in [-0.2, 0) is 10.2 Å². The third-order valence-electron chi connectivity index (χ3n) is 6.30. The predicted molar refractivity (Wildman–Crippen MR) is 117 cm³/mol. The summed E-state index contributed by atoms with van der Waals surface area (Å²) in [6.45, 7) is 1.19. The number of nitrogens with one attached hydrogen (secondary N) is 1. The first-order valence-corrected chi connectivity index (χ1v) is 10.5. The van der Waals surface area contributed by atoms with Gasteiger partial charge in [0.2, 0.25) is 0 Å². The molecule has 1 aliphatic rings. The van der Waals surface area contributed by atoms with Crippen LogP contribution in [0, 0.1) is 0 Å². The van der Waals surface area contributed by atoms with Crippen molar-refractivity contribution >= 4 is 17.5 Å². The molecule has 1 aromatic carbocycles. The van der Waals surface area contributed by atoms with Crippen LogP contribution >= 0.6 is 0 Å². The summed E-state index contributed by atoms with van der Waals surface area (Å²) in [5, 5.41) is 0. The summed E-state index contributed by atoms with van der Waals surface area (Å²) in [5.74, 6) is -0.116. The average Bonchev–Trinajstić information content (AvgIpc) is 3.53. The second-order valence-electron chi connectivity index (χ2n) is 7.98. The lowest BCUT2D eigenvalue weighted by molar-refractivity contribution is 0.0600. The number of rotatable bonds is 4. The van der Waals surface area contributed by atoms with E-state index in [1.54, 1.807) is 24.5 Å². The first-order chi connectivity index (χ1) is 15.6. The van der Waals surface area contributed by atoms with Crippen molar-refractivity contribution in [1.29, 1.82) is 0 Å². The van der Waals surface area contributed by atoms with E-state index in [1.807, 2.05) is 39.9 Å². The number of methoxy groups -OCH3 is 1. The third-order valence-corrected chi connectivity index (χ3v) is 6.30. The van der Waals surface area contributed by atoms with Crippen molar-refractivity contribution in [3.05, 3.63) is 89.9 Å². The van der Waals surface area contributed by atoms with E-state index >= 15 is 0 Å². The van der Waals surface area contributed by atoms with Crippen LogP contribution in [0.2, 0.25) is 0 Å². The predicted octanol–water partition coefficient (Wildman–Crippen LogP) is 3.07. The third kappa shape index (κ3) is 3.33. The Kier molecular flexibility index (Phi) is 4.97. The van der Waals surface area contributed by atoms with E-state index < -0.39 is 0 Å². The van der Waals surface area contributed by atoms with Crippen LogP contribution in [0.5, 0.6) is 0 Å². The lowest BCUT2D eigenvalue weighted by Gasteiger charge is -2.41. The van der Waals surface area contributed by atoms with Crippen molar-refractivity contribution in [1.82, 2.24) is 24.3 Å². The number of ether oxygens (including phenoxy) is 1. The van der Waals surface area contributed by atoms with Gasteiger partial charge in [0.25, 0.3) is 5.91 Å². The van der Waals surface area contributed by atoms with Crippen molar-refractivity contribution in [3.63, 3.8) is 0 Å². The minimum atomic E-state index is -0.389. The van der Waals surface area contributed by atoms with Gasteiger partial charge >= 0.3 is 5.97 Å². The van der Waals surface area contributed by atoms with Gasteiger partial charge in [-0.25, -0.2) is 14.8 Å². The molecule has 4 aromatic rings. The SMILES string of the molecule is COC(=O)c1ccn2cc(C3(c4ccccc4)CCN(C(=O)c4ncc[nH]4)CC3)nc2c1. The second-order valence-corrected chi connectivity index (χ2v) is 7.98. The van der Waals surface area contributed by atoms with Gasteiger partial charge in [0.1, 0.15) is 5.65 Å². The van der Waals surface area contributed by atoms with E-state index in [0.717, 1.165) is 18.5 Å². The molecule has 0 atom stereocenters. The molecule has 1 fully saturated rings. The van der Waals surface area contributed by atoms with Crippen LogP contribution in [0.4, 0.5) is 0 Å². The fourth-order valence-electron chi connectivity index (χ4n) is 4.53. The van der Waals surface area contributed by atoms with Crippen LogP contribution in [0.1, 0.15) is 45.1 Å². The van der Waals surface area contributed by atoms with Crippen molar-refractivity contribution in [2.24, 2.45) is 0 Å². The lowest BCUT2D eigenvalue weighted by atomic mass is 9.70. The number of imidazole rings is 2. The number of piperidine rings is 1. The number of hydrogen-bond acceptors (Lipinski definition) is 5. The number of likely N-dealkylation sites (tertiary alicyclic amines) is 1. The van der Waals surface area contributed by atoms with Gasteiger partial charge in [-0.15, -0.1) is 0 Å². The van der Waals surface area contributed by atoms with Gasteiger partial charge < -0.3 is 19.0 Å². The molecule has 1 saturated heterocycles. The molecule has 8 heteroatoms.